The van der Waals surface area contributed by atoms with Crippen molar-refractivity contribution in [1.29, 1.82) is 0 Å². The van der Waals surface area contributed by atoms with Crippen LogP contribution in [0.5, 0.6) is 0 Å². The Balaban J connectivity index is 1.28. The number of anilines is 3. The van der Waals surface area contributed by atoms with Crippen LogP contribution in [0.1, 0.15) is 62.3 Å². The summed E-state index contributed by atoms with van der Waals surface area (Å²) in [6, 6.07) is 4.38. The van der Waals surface area contributed by atoms with E-state index in [1.807, 2.05) is 13.0 Å². The van der Waals surface area contributed by atoms with E-state index in [2.05, 4.69) is 26.9 Å². The van der Waals surface area contributed by atoms with Crippen molar-refractivity contribution in [3.05, 3.63) is 23.5 Å². The first-order chi connectivity index (χ1) is 15.0. The number of aromatic amines is 1. The average Bonchev–Trinajstić information content (AvgIpc) is 3.14. The maximum absolute atomic E-state index is 10.9. The van der Waals surface area contributed by atoms with Crippen LogP contribution in [0.2, 0.25) is 0 Å². The first-order valence-corrected chi connectivity index (χ1v) is 11.8. The second-order valence-corrected chi connectivity index (χ2v) is 10.3. The van der Waals surface area contributed by atoms with Crippen molar-refractivity contribution < 1.29 is 9.84 Å². The summed E-state index contributed by atoms with van der Waals surface area (Å²) in [7, 11) is 0. The van der Waals surface area contributed by atoms with E-state index in [-0.39, 0.29) is 0 Å². The summed E-state index contributed by atoms with van der Waals surface area (Å²) in [4.78, 5) is 9.79. The van der Waals surface area contributed by atoms with Crippen LogP contribution in [-0.4, -0.2) is 50.1 Å². The molecule has 4 aliphatic carbocycles. The molecule has 3 heterocycles. The minimum absolute atomic E-state index is 0.349. The number of hydrogen-bond donors (Lipinski definition) is 4. The Kier molecular flexibility index (Phi) is 4.68. The third kappa shape index (κ3) is 3.80. The van der Waals surface area contributed by atoms with Gasteiger partial charge in [-0.15, -0.1) is 0 Å². The monoisotopic (exact) mass is 424 g/mol. The molecule has 5 fully saturated rings. The number of aryl methyl sites for hydroxylation is 1. The number of H-pyrrole nitrogens is 1. The van der Waals surface area contributed by atoms with Crippen LogP contribution in [0.4, 0.5) is 17.6 Å². The molecule has 0 spiro atoms. The zero-order valence-corrected chi connectivity index (χ0v) is 18.1. The normalized spacial score (nSPS) is 34.8. The Morgan fingerprint density at radius 1 is 1.06 bits per heavy atom. The van der Waals surface area contributed by atoms with Crippen molar-refractivity contribution in [2.24, 2.45) is 17.8 Å². The van der Waals surface area contributed by atoms with Gasteiger partial charge in [-0.05, 0) is 69.6 Å². The zero-order valence-electron chi connectivity index (χ0n) is 18.1. The summed E-state index contributed by atoms with van der Waals surface area (Å²) in [5.41, 5.74) is 1.65. The molecule has 2 unspecified atom stereocenters. The van der Waals surface area contributed by atoms with Crippen molar-refractivity contribution >= 4 is 17.6 Å². The van der Waals surface area contributed by atoms with Gasteiger partial charge in [0.05, 0.1) is 11.3 Å². The molecule has 2 aromatic heterocycles. The van der Waals surface area contributed by atoms with E-state index in [1.165, 1.54) is 12.8 Å². The van der Waals surface area contributed by atoms with Gasteiger partial charge in [0, 0.05) is 43.0 Å². The Hall–Kier alpha value is -2.19. The summed E-state index contributed by atoms with van der Waals surface area (Å²) in [6.07, 6.45) is 7.23. The molecule has 0 amide bonds. The number of aliphatic hydroxyl groups is 1. The second kappa shape index (κ2) is 7.45. The van der Waals surface area contributed by atoms with Crippen LogP contribution < -0.4 is 10.6 Å². The van der Waals surface area contributed by atoms with Crippen molar-refractivity contribution in [2.45, 2.75) is 69.4 Å². The molecule has 5 aliphatic rings. The quantitative estimate of drug-likeness (QED) is 0.582. The molecular formula is C23H32N6O2. The SMILES string of the molecule is Cc1cc(Nc2cc(C3CCOCC3)nc(NC3C4CC5CC3CC(O)(C5)C4)n2)n[nH]1. The lowest BCUT2D eigenvalue weighted by atomic mass is 9.52. The highest BCUT2D eigenvalue weighted by atomic mass is 16.5. The molecule has 0 radical (unpaired) electrons. The summed E-state index contributed by atoms with van der Waals surface area (Å²) >= 11 is 0. The number of rotatable bonds is 5. The highest BCUT2D eigenvalue weighted by Crippen LogP contribution is 2.56. The van der Waals surface area contributed by atoms with Crippen LogP contribution in [0.25, 0.3) is 0 Å². The van der Waals surface area contributed by atoms with Gasteiger partial charge in [-0.25, -0.2) is 4.98 Å². The second-order valence-electron chi connectivity index (χ2n) is 10.3. The molecule has 4 bridgehead atoms. The highest BCUT2D eigenvalue weighted by molar-refractivity contribution is 5.54. The molecule has 2 atom stereocenters. The van der Waals surface area contributed by atoms with Gasteiger partial charge >= 0.3 is 0 Å². The standard InChI is InChI=1S/C23H32N6O2/c1-13-6-20(29-28-13)25-19-9-18(15-2-4-31-5-3-15)24-22(26-19)27-21-16-7-14-8-17(21)12-23(30,10-14)11-16/h6,9,14-17,21,30H,2-5,7-8,10-12H2,1H3,(H3,24,25,26,27,28,29). The van der Waals surface area contributed by atoms with Crippen molar-refractivity contribution in [3.63, 3.8) is 0 Å². The van der Waals surface area contributed by atoms with Crippen LogP contribution in [0, 0.1) is 24.7 Å². The summed E-state index contributed by atoms with van der Waals surface area (Å²) in [5, 5.41) is 25.3. The summed E-state index contributed by atoms with van der Waals surface area (Å²) < 4.78 is 5.56. The van der Waals surface area contributed by atoms with E-state index in [0.29, 0.717) is 35.7 Å². The molecular weight excluding hydrogens is 392 g/mol. The highest BCUT2D eigenvalue weighted by Gasteiger charge is 2.54. The molecule has 2 aromatic rings. The zero-order chi connectivity index (χ0) is 21.0. The van der Waals surface area contributed by atoms with Gasteiger partial charge in [-0.3, -0.25) is 5.10 Å². The van der Waals surface area contributed by atoms with Gasteiger partial charge in [0.2, 0.25) is 5.95 Å². The van der Waals surface area contributed by atoms with Gasteiger partial charge in [-0.2, -0.15) is 10.1 Å². The Labute approximate surface area is 182 Å². The number of nitrogens with zero attached hydrogens (tertiary/aromatic N) is 3. The molecule has 1 aliphatic heterocycles. The van der Waals surface area contributed by atoms with E-state index >= 15 is 0 Å². The molecule has 7 rings (SSSR count). The third-order valence-corrected chi connectivity index (χ3v) is 7.88. The van der Waals surface area contributed by atoms with Crippen LogP contribution in [0.3, 0.4) is 0 Å². The van der Waals surface area contributed by atoms with E-state index in [1.54, 1.807) is 0 Å². The lowest BCUT2D eigenvalue weighted by Crippen LogP contribution is -2.59. The van der Waals surface area contributed by atoms with Gasteiger partial charge in [0.15, 0.2) is 5.82 Å². The predicted molar refractivity (Wildman–Crippen MR) is 117 cm³/mol. The Morgan fingerprint density at radius 3 is 2.52 bits per heavy atom. The smallest absolute Gasteiger partial charge is 0.225 e. The summed E-state index contributed by atoms with van der Waals surface area (Å²) in [5.74, 6) is 4.33. The molecule has 4 N–H and O–H groups in total. The van der Waals surface area contributed by atoms with Crippen molar-refractivity contribution in [2.75, 3.05) is 23.8 Å². The predicted octanol–water partition coefficient (Wildman–Crippen LogP) is 3.50. The fourth-order valence-corrected chi connectivity index (χ4v) is 6.78. The van der Waals surface area contributed by atoms with E-state index < -0.39 is 5.60 Å². The summed E-state index contributed by atoms with van der Waals surface area (Å²) in [6.45, 7) is 3.55. The minimum Gasteiger partial charge on any atom is -0.390 e. The largest absolute Gasteiger partial charge is 0.390 e. The molecule has 4 saturated carbocycles. The lowest BCUT2D eigenvalue weighted by molar-refractivity contribution is -0.129. The van der Waals surface area contributed by atoms with E-state index in [4.69, 9.17) is 14.7 Å². The van der Waals surface area contributed by atoms with Gasteiger partial charge in [0.25, 0.3) is 0 Å². The van der Waals surface area contributed by atoms with Gasteiger partial charge < -0.3 is 20.5 Å². The van der Waals surface area contributed by atoms with Crippen LogP contribution in [0.15, 0.2) is 12.1 Å². The molecule has 166 valence electrons. The van der Waals surface area contributed by atoms with Crippen molar-refractivity contribution in [1.82, 2.24) is 20.2 Å². The van der Waals surface area contributed by atoms with Crippen molar-refractivity contribution in [3.8, 4) is 0 Å². The minimum atomic E-state index is -0.427. The number of hydrogen-bond acceptors (Lipinski definition) is 7. The maximum atomic E-state index is 10.9. The number of nitrogens with one attached hydrogen (secondary N) is 3. The molecule has 31 heavy (non-hydrogen) atoms. The molecule has 8 nitrogen and oxygen atoms in total. The average molecular weight is 425 g/mol. The first-order valence-electron chi connectivity index (χ1n) is 11.8. The number of ether oxygens (including phenoxy) is 1. The number of aromatic nitrogens is 4. The van der Waals surface area contributed by atoms with E-state index in [9.17, 15) is 5.11 Å². The van der Waals surface area contributed by atoms with Gasteiger partial charge in [0.1, 0.15) is 5.82 Å². The third-order valence-electron chi connectivity index (χ3n) is 7.88. The fourth-order valence-electron chi connectivity index (χ4n) is 6.78. The van der Waals surface area contributed by atoms with Crippen LogP contribution >= 0.6 is 0 Å². The topological polar surface area (TPSA) is 108 Å². The fraction of sp³-hybridized carbons (Fsp3) is 0.696. The molecule has 0 aromatic carbocycles. The van der Waals surface area contributed by atoms with E-state index in [0.717, 1.165) is 68.3 Å². The molecule has 1 saturated heterocycles. The Morgan fingerprint density at radius 2 is 1.84 bits per heavy atom. The first kappa shape index (κ1) is 19.5. The Bertz CT molecular complexity index is 939. The van der Waals surface area contributed by atoms with Crippen LogP contribution in [-0.2, 0) is 4.74 Å². The maximum Gasteiger partial charge on any atom is 0.225 e. The lowest BCUT2D eigenvalue weighted by Gasteiger charge is -2.58. The van der Waals surface area contributed by atoms with Gasteiger partial charge in [-0.1, -0.05) is 0 Å². The molecule has 8 heteroatoms.